The number of methoxy groups -OCH3 is 1. The monoisotopic (exact) mass is 237 g/mol. The van der Waals surface area contributed by atoms with Crippen LogP contribution < -0.4 is 0 Å². The lowest BCUT2D eigenvalue weighted by molar-refractivity contribution is -0.522. The van der Waals surface area contributed by atoms with E-state index in [0.717, 1.165) is 5.56 Å². The third-order valence-corrected chi connectivity index (χ3v) is 2.76. The van der Waals surface area contributed by atoms with Crippen LogP contribution in [0.3, 0.4) is 0 Å². The summed E-state index contributed by atoms with van der Waals surface area (Å²) >= 11 is 0. The zero-order chi connectivity index (χ0) is 12.8. The number of nitrogens with zero attached hydrogens (tertiary/aromatic N) is 1. The van der Waals surface area contributed by atoms with E-state index < -0.39 is 17.9 Å². The Balaban J connectivity index is 2.94. The van der Waals surface area contributed by atoms with E-state index in [1.807, 2.05) is 6.07 Å². The lowest BCUT2D eigenvalue weighted by Crippen LogP contribution is -2.26. The molecule has 0 radical (unpaired) electrons. The second-order valence-corrected chi connectivity index (χ2v) is 3.82. The zero-order valence-electron chi connectivity index (χ0n) is 9.83. The maximum Gasteiger partial charge on any atom is 0.306 e. The van der Waals surface area contributed by atoms with Crippen molar-refractivity contribution in [2.24, 2.45) is 0 Å². The minimum atomic E-state index is -0.823. The molecule has 5 nitrogen and oxygen atoms in total. The van der Waals surface area contributed by atoms with Gasteiger partial charge in [0.2, 0.25) is 6.04 Å². The van der Waals surface area contributed by atoms with Gasteiger partial charge in [0.25, 0.3) is 0 Å². The molecule has 2 unspecified atom stereocenters. The van der Waals surface area contributed by atoms with Crippen molar-refractivity contribution in [2.45, 2.75) is 25.3 Å². The Hall–Kier alpha value is -1.91. The first-order chi connectivity index (χ1) is 8.06. The van der Waals surface area contributed by atoms with Crippen LogP contribution in [-0.2, 0) is 9.53 Å². The van der Waals surface area contributed by atoms with Crippen LogP contribution in [0.5, 0.6) is 0 Å². The quantitative estimate of drug-likeness (QED) is 0.446. The molecule has 92 valence electrons. The molecule has 2 atom stereocenters. The van der Waals surface area contributed by atoms with Crippen molar-refractivity contribution in [3.63, 3.8) is 0 Å². The SMILES string of the molecule is COC(=O)CC(c1ccccc1)C(C)[N+](=O)[O-]. The Morgan fingerprint density at radius 3 is 2.47 bits per heavy atom. The standard InChI is InChI=1S/C12H15NO4/c1-9(13(15)16)11(8-12(14)17-2)10-6-4-3-5-7-10/h3-7,9,11H,8H2,1-2H3. The first-order valence-corrected chi connectivity index (χ1v) is 5.31. The highest BCUT2D eigenvalue weighted by atomic mass is 16.6. The highest BCUT2D eigenvalue weighted by molar-refractivity contribution is 5.70. The van der Waals surface area contributed by atoms with E-state index in [-0.39, 0.29) is 11.3 Å². The maximum absolute atomic E-state index is 11.3. The van der Waals surface area contributed by atoms with Gasteiger partial charge in [-0.15, -0.1) is 0 Å². The molecular formula is C12H15NO4. The van der Waals surface area contributed by atoms with Crippen LogP contribution in [0.2, 0.25) is 0 Å². The molecule has 0 saturated carbocycles. The van der Waals surface area contributed by atoms with Crippen molar-refractivity contribution in [3.8, 4) is 0 Å². The van der Waals surface area contributed by atoms with Crippen molar-refractivity contribution in [3.05, 3.63) is 46.0 Å². The molecule has 5 heteroatoms. The highest BCUT2D eigenvalue weighted by Gasteiger charge is 2.30. The third-order valence-electron chi connectivity index (χ3n) is 2.76. The summed E-state index contributed by atoms with van der Waals surface area (Å²) in [5, 5.41) is 10.8. The van der Waals surface area contributed by atoms with Crippen LogP contribution >= 0.6 is 0 Å². The van der Waals surface area contributed by atoms with Gasteiger partial charge in [0, 0.05) is 11.8 Å². The molecule has 1 aromatic rings. The van der Waals surface area contributed by atoms with E-state index in [2.05, 4.69) is 4.74 Å². The van der Waals surface area contributed by atoms with Gasteiger partial charge >= 0.3 is 5.97 Å². The summed E-state index contributed by atoms with van der Waals surface area (Å²) in [4.78, 5) is 21.7. The molecule has 1 rings (SSSR count). The zero-order valence-corrected chi connectivity index (χ0v) is 9.83. The first-order valence-electron chi connectivity index (χ1n) is 5.31. The second-order valence-electron chi connectivity index (χ2n) is 3.82. The third kappa shape index (κ3) is 3.55. The summed E-state index contributed by atoms with van der Waals surface area (Å²) in [5.74, 6) is -0.897. The Kier molecular flexibility index (Phi) is 4.63. The molecular weight excluding hydrogens is 222 g/mol. The summed E-state index contributed by atoms with van der Waals surface area (Å²) < 4.78 is 4.57. The Labute approximate surface area is 99.5 Å². The molecule has 0 heterocycles. The van der Waals surface area contributed by atoms with Crippen LogP contribution in [0.1, 0.15) is 24.8 Å². The van der Waals surface area contributed by atoms with Gasteiger partial charge in [-0.25, -0.2) is 0 Å². The lowest BCUT2D eigenvalue weighted by atomic mass is 9.90. The Morgan fingerprint density at radius 2 is 2.00 bits per heavy atom. The van der Waals surface area contributed by atoms with Gasteiger partial charge in [-0.05, 0) is 5.56 Å². The van der Waals surface area contributed by atoms with Crippen molar-refractivity contribution >= 4 is 5.97 Å². The van der Waals surface area contributed by atoms with Crippen LogP contribution in [0.25, 0.3) is 0 Å². The van der Waals surface area contributed by atoms with Crippen LogP contribution in [-0.4, -0.2) is 24.0 Å². The summed E-state index contributed by atoms with van der Waals surface area (Å²) in [6, 6.07) is 8.17. The maximum atomic E-state index is 11.3. The van der Waals surface area contributed by atoms with E-state index in [1.54, 1.807) is 24.3 Å². The molecule has 0 amide bonds. The topological polar surface area (TPSA) is 69.4 Å². The molecule has 0 N–H and O–H groups in total. The fourth-order valence-electron chi connectivity index (χ4n) is 1.68. The molecule has 0 aromatic heterocycles. The molecule has 0 aliphatic heterocycles. The van der Waals surface area contributed by atoms with Crippen LogP contribution in [0.15, 0.2) is 30.3 Å². The minimum Gasteiger partial charge on any atom is -0.469 e. The number of ether oxygens (including phenoxy) is 1. The molecule has 17 heavy (non-hydrogen) atoms. The molecule has 0 bridgehead atoms. The minimum absolute atomic E-state index is 0.0165. The number of benzene rings is 1. The van der Waals surface area contributed by atoms with Crippen molar-refractivity contribution in [1.29, 1.82) is 0 Å². The molecule has 0 spiro atoms. The molecule has 0 fully saturated rings. The normalized spacial score (nSPS) is 13.8. The summed E-state index contributed by atoms with van der Waals surface area (Å²) in [6.45, 7) is 1.50. The molecule has 0 aliphatic carbocycles. The van der Waals surface area contributed by atoms with Gasteiger partial charge in [-0.1, -0.05) is 30.3 Å². The average Bonchev–Trinajstić information content (AvgIpc) is 2.35. The van der Waals surface area contributed by atoms with E-state index in [4.69, 9.17) is 0 Å². The fourth-order valence-corrected chi connectivity index (χ4v) is 1.68. The summed E-state index contributed by atoms with van der Waals surface area (Å²) in [7, 11) is 1.28. The summed E-state index contributed by atoms with van der Waals surface area (Å²) in [5.41, 5.74) is 0.780. The number of carbonyl (C=O) groups excluding carboxylic acids is 1. The molecule has 0 aliphatic rings. The van der Waals surface area contributed by atoms with E-state index in [9.17, 15) is 14.9 Å². The largest absolute Gasteiger partial charge is 0.469 e. The predicted octanol–water partition coefficient (Wildman–Crippen LogP) is 2.00. The average molecular weight is 237 g/mol. The number of hydrogen-bond acceptors (Lipinski definition) is 4. The smallest absolute Gasteiger partial charge is 0.306 e. The number of nitro groups is 1. The van der Waals surface area contributed by atoms with Crippen molar-refractivity contribution in [1.82, 2.24) is 0 Å². The Morgan fingerprint density at radius 1 is 1.41 bits per heavy atom. The fraction of sp³-hybridized carbons (Fsp3) is 0.417. The van der Waals surface area contributed by atoms with Crippen molar-refractivity contribution < 1.29 is 14.5 Å². The Bertz CT molecular complexity index is 391. The van der Waals surface area contributed by atoms with E-state index in [1.165, 1.54) is 14.0 Å². The van der Waals surface area contributed by atoms with Gasteiger partial charge in [0.1, 0.15) is 0 Å². The van der Waals surface area contributed by atoms with Crippen LogP contribution in [0, 0.1) is 10.1 Å². The molecule has 1 aromatic carbocycles. The van der Waals surface area contributed by atoms with Gasteiger partial charge in [0.15, 0.2) is 0 Å². The second kappa shape index (κ2) is 5.98. The number of hydrogen-bond donors (Lipinski definition) is 0. The van der Waals surface area contributed by atoms with Crippen LogP contribution in [0.4, 0.5) is 0 Å². The van der Waals surface area contributed by atoms with Crippen molar-refractivity contribution in [2.75, 3.05) is 7.11 Å². The first kappa shape index (κ1) is 13.2. The van der Waals surface area contributed by atoms with E-state index >= 15 is 0 Å². The lowest BCUT2D eigenvalue weighted by Gasteiger charge is -2.17. The van der Waals surface area contributed by atoms with Gasteiger partial charge in [0.05, 0.1) is 19.4 Å². The highest BCUT2D eigenvalue weighted by Crippen LogP contribution is 2.25. The predicted molar refractivity (Wildman–Crippen MR) is 62.3 cm³/mol. The summed E-state index contributed by atoms with van der Waals surface area (Å²) in [6.07, 6.45) is 0.0165. The number of carbonyl (C=O) groups is 1. The van der Waals surface area contributed by atoms with Gasteiger partial charge in [-0.2, -0.15) is 0 Å². The van der Waals surface area contributed by atoms with Gasteiger partial charge < -0.3 is 4.74 Å². The van der Waals surface area contributed by atoms with E-state index in [0.29, 0.717) is 0 Å². The number of esters is 1. The molecule has 0 saturated heterocycles. The number of rotatable bonds is 5. The van der Waals surface area contributed by atoms with Gasteiger partial charge in [-0.3, -0.25) is 14.9 Å².